The second kappa shape index (κ2) is 6.19. The van der Waals surface area contributed by atoms with Crippen LogP contribution in [0.5, 0.6) is 0 Å². The number of hydrogen-bond donors (Lipinski definition) is 2. The Morgan fingerprint density at radius 3 is 3.10 bits per heavy atom. The number of rotatable bonds is 1. The fraction of sp³-hybridized carbons (Fsp3) is 0.357. The number of hydrogen-bond acceptors (Lipinski definition) is 5. The first-order valence-corrected chi connectivity index (χ1v) is 7.76. The number of carbonyl (C=O) groups excluding carboxylic acids is 2. The van der Waals surface area contributed by atoms with Gasteiger partial charge in [0.05, 0.1) is 15.7 Å². The summed E-state index contributed by atoms with van der Waals surface area (Å²) in [6.45, 7) is 2.80. The Labute approximate surface area is 126 Å². The Bertz CT molecular complexity index is 662. The molecule has 0 saturated carbocycles. The normalized spacial score (nSPS) is 15.7. The predicted molar refractivity (Wildman–Crippen MR) is 82.3 cm³/mol. The molecule has 0 aliphatic carbocycles. The molecule has 1 saturated heterocycles. The minimum Gasteiger partial charge on any atom is -0.333 e. The zero-order chi connectivity index (χ0) is 14.7. The zero-order valence-electron chi connectivity index (χ0n) is 11.5. The van der Waals surface area contributed by atoms with Crippen molar-refractivity contribution in [2.45, 2.75) is 6.42 Å². The molecule has 21 heavy (non-hydrogen) atoms. The lowest BCUT2D eigenvalue weighted by molar-refractivity contribution is -0.143. The molecule has 1 fully saturated rings. The summed E-state index contributed by atoms with van der Waals surface area (Å²) in [4.78, 5) is 30.0. The highest BCUT2D eigenvalue weighted by molar-refractivity contribution is 7.16. The molecule has 2 amide bonds. The molecular formula is C14H16N4O2S. The molecule has 7 heteroatoms. The largest absolute Gasteiger partial charge is 0.333 e. The van der Waals surface area contributed by atoms with Crippen LogP contribution in [0.1, 0.15) is 6.42 Å². The van der Waals surface area contributed by atoms with Crippen LogP contribution < -0.4 is 10.6 Å². The molecule has 2 N–H and O–H groups in total. The number of anilines is 1. The fourth-order valence-corrected chi connectivity index (χ4v) is 3.03. The van der Waals surface area contributed by atoms with Crippen LogP contribution in [0.3, 0.4) is 0 Å². The molecule has 0 atom stereocenters. The van der Waals surface area contributed by atoms with Crippen molar-refractivity contribution in [1.29, 1.82) is 0 Å². The van der Waals surface area contributed by atoms with Crippen molar-refractivity contribution in [3.63, 3.8) is 0 Å². The summed E-state index contributed by atoms with van der Waals surface area (Å²) in [7, 11) is 0. The van der Waals surface area contributed by atoms with Crippen molar-refractivity contribution in [1.82, 2.24) is 15.2 Å². The molecule has 6 nitrogen and oxygen atoms in total. The zero-order valence-corrected chi connectivity index (χ0v) is 12.3. The second-order valence-electron chi connectivity index (χ2n) is 4.88. The first kappa shape index (κ1) is 14.0. The third-order valence-corrected chi connectivity index (χ3v) is 4.20. The van der Waals surface area contributed by atoms with Gasteiger partial charge < -0.3 is 15.5 Å². The van der Waals surface area contributed by atoms with E-state index in [4.69, 9.17) is 0 Å². The van der Waals surface area contributed by atoms with Crippen molar-refractivity contribution in [2.24, 2.45) is 0 Å². The predicted octanol–water partition coefficient (Wildman–Crippen LogP) is 1.06. The van der Waals surface area contributed by atoms with Gasteiger partial charge in [-0.15, -0.1) is 11.3 Å². The third kappa shape index (κ3) is 3.20. The average molecular weight is 304 g/mol. The van der Waals surface area contributed by atoms with Gasteiger partial charge in [0.25, 0.3) is 0 Å². The molecule has 2 aromatic rings. The first-order chi connectivity index (χ1) is 10.2. The van der Waals surface area contributed by atoms with Crippen LogP contribution in [0.25, 0.3) is 10.2 Å². The summed E-state index contributed by atoms with van der Waals surface area (Å²) < 4.78 is 0.985. The fourth-order valence-electron chi connectivity index (χ4n) is 2.31. The number of amides is 2. The number of carbonyl (C=O) groups is 2. The Hall–Kier alpha value is -1.99. The van der Waals surface area contributed by atoms with Gasteiger partial charge in [0, 0.05) is 25.3 Å². The van der Waals surface area contributed by atoms with Crippen LogP contribution in [0.2, 0.25) is 0 Å². The highest BCUT2D eigenvalue weighted by Crippen LogP contribution is 2.21. The van der Waals surface area contributed by atoms with Crippen LogP contribution in [0.15, 0.2) is 23.7 Å². The molecule has 0 radical (unpaired) electrons. The molecule has 1 aromatic heterocycles. The molecule has 110 valence electrons. The van der Waals surface area contributed by atoms with Crippen molar-refractivity contribution in [3.8, 4) is 0 Å². The van der Waals surface area contributed by atoms with E-state index >= 15 is 0 Å². The number of thiazole rings is 1. The molecule has 2 heterocycles. The Kier molecular flexibility index (Phi) is 4.12. The van der Waals surface area contributed by atoms with E-state index in [1.54, 1.807) is 16.5 Å². The average Bonchev–Trinajstić information content (AvgIpc) is 2.78. The summed E-state index contributed by atoms with van der Waals surface area (Å²) in [5.41, 5.74) is 3.27. The van der Waals surface area contributed by atoms with Crippen molar-refractivity contribution in [3.05, 3.63) is 23.7 Å². The van der Waals surface area contributed by atoms with Crippen molar-refractivity contribution in [2.75, 3.05) is 31.5 Å². The lowest BCUT2D eigenvalue weighted by Crippen LogP contribution is -2.41. The summed E-state index contributed by atoms with van der Waals surface area (Å²) in [6, 6.07) is 5.43. The van der Waals surface area contributed by atoms with Crippen molar-refractivity contribution >= 4 is 39.1 Å². The third-order valence-electron chi connectivity index (χ3n) is 3.41. The number of aromatic nitrogens is 1. The van der Waals surface area contributed by atoms with E-state index in [-0.39, 0.29) is 0 Å². The smallest absolute Gasteiger partial charge is 0.313 e. The summed E-state index contributed by atoms with van der Waals surface area (Å²) in [6.07, 6.45) is 0.867. The molecule has 3 rings (SSSR count). The molecule has 0 bridgehead atoms. The van der Waals surface area contributed by atoms with Gasteiger partial charge in [-0.2, -0.15) is 0 Å². The monoisotopic (exact) mass is 304 g/mol. The van der Waals surface area contributed by atoms with Crippen molar-refractivity contribution < 1.29 is 9.59 Å². The Morgan fingerprint density at radius 2 is 2.19 bits per heavy atom. The number of fused-ring (bicyclic) bond motifs is 1. The molecular weight excluding hydrogens is 288 g/mol. The molecule has 0 unspecified atom stereocenters. The van der Waals surface area contributed by atoms with Gasteiger partial charge in [-0.25, -0.2) is 4.98 Å². The van der Waals surface area contributed by atoms with E-state index in [9.17, 15) is 9.59 Å². The minimum absolute atomic E-state index is 0.469. The van der Waals surface area contributed by atoms with Crippen LogP contribution >= 0.6 is 11.3 Å². The van der Waals surface area contributed by atoms with E-state index < -0.39 is 11.8 Å². The summed E-state index contributed by atoms with van der Waals surface area (Å²) in [5.74, 6) is -1.05. The van der Waals surface area contributed by atoms with E-state index in [2.05, 4.69) is 15.6 Å². The highest BCUT2D eigenvalue weighted by Gasteiger charge is 2.22. The van der Waals surface area contributed by atoms with Crippen LogP contribution in [0.4, 0.5) is 5.69 Å². The topological polar surface area (TPSA) is 74.3 Å². The van der Waals surface area contributed by atoms with Gasteiger partial charge in [0.1, 0.15) is 0 Å². The maximum Gasteiger partial charge on any atom is 0.313 e. The number of nitrogens with one attached hydrogen (secondary N) is 2. The lowest BCUT2D eigenvalue weighted by Gasteiger charge is -2.19. The summed E-state index contributed by atoms with van der Waals surface area (Å²) in [5, 5.41) is 5.88. The minimum atomic E-state index is -0.583. The standard InChI is InChI=1S/C14H16N4O2S/c19-13(14(20)18-6-1-4-15-5-7-18)17-10-2-3-11-12(8-10)21-9-16-11/h2-3,8-9,15H,1,4-7H2,(H,17,19). The van der Waals surface area contributed by atoms with E-state index in [1.807, 2.05) is 12.1 Å². The molecule has 0 spiro atoms. The van der Waals surface area contributed by atoms with Crippen LogP contribution in [-0.4, -0.2) is 47.9 Å². The van der Waals surface area contributed by atoms with Crippen LogP contribution in [0, 0.1) is 0 Å². The molecule has 1 aliphatic rings. The van der Waals surface area contributed by atoms with Gasteiger partial charge in [0.2, 0.25) is 0 Å². The van der Waals surface area contributed by atoms with Gasteiger partial charge in [-0.05, 0) is 31.2 Å². The van der Waals surface area contributed by atoms with Gasteiger partial charge in [0.15, 0.2) is 0 Å². The molecule has 1 aromatic carbocycles. The Balaban J connectivity index is 1.68. The van der Waals surface area contributed by atoms with Crippen LogP contribution in [-0.2, 0) is 9.59 Å². The van der Waals surface area contributed by atoms with E-state index in [0.29, 0.717) is 18.8 Å². The SMILES string of the molecule is O=C(Nc1ccc2ncsc2c1)C(=O)N1CCCNCC1. The first-order valence-electron chi connectivity index (χ1n) is 6.88. The van der Waals surface area contributed by atoms with Gasteiger partial charge >= 0.3 is 11.8 Å². The molecule has 1 aliphatic heterocycles. The maximum atomic E-state index is 12.1. The number of benzene rings is 1. The van der Waals surface area contributed by atoms with Gasteiger partial charge in [-0.3, -0.25) is 9.59 Å². The van der Waals surface area contributed by atoms with Gasteiger partial charge in [-0.1, -0.05) is 0 Å². The highest BCUT2D eigenvalue weighted by atomic mass is 32.1. The van der Waals surface area contributed by atoms with E-state index in [1.165, 1.54) is 11.3 Å². The number of nitrogens with zero attached hydrogens (tertiary/aromatic N) is 2. The summed E-state index contributed by atoms with van der Waals surface area (Å²) >= 11 is 1.50. The lowest BCUT2D eigenvalue weighted by atomic mass is 10.3. The van der Waals surface area contributed by atoms with E-state index in [0.717, 1.165) is 29.7 Å². The second-order valence-corrected chi connectivity index (χ2v) is 5.77. The Morgan fingerprint density at radius 1 is 1.29 bits per heavy atom. The maximum absolute atomic E-state index is 12.1. The quantitative estimate of drug-likeness (QED) is 0.773.